The molecular weight excluding hydrogens is 288 g/mol. The molecule has 0 radical (unpaired) electrons. The van der Waals surface area contributed by atoms with Crippen molar-refractivity contribution in [2.24, 2.45) is 0 Å². The quantitative estimate of drug-likeness (QED) is 0.726. The van der Waals surface area contributed by atoms with Crippen LogP contribution < -0.4 is 10.5 Å². The van der Waals surface area contributed by atoms with E-state index < -0.39 is 25.9 Å². The standard InChI is InChI=1S/C11H18N2O4S2/c1-9(7-18(2,14)15)13-19(16,17)8-10-4-3-5-11(12)6-10/h3-6,9,13H,7-8,12H2,1-2H3. The molecule has 1 atom stereocenters. The van der Waals surface area contributed by atoms with Crippen molar-refractivity contribution in [2.45, 2.75) is 18.7 Å². The van der Waals surface area contributed by atoms with Crippen molar-refractivity contribution < 1.29 is 16.8 Å². The van der Waals surface area contributed by atoms with Gasteiger partial charge in [-0.3, -0.25) is 0 Å². The summed E-state index contributed by atoms with van der Waals surface area (Å²) in [5, 5.41) is 0. The topological polar surface area (TPSA) is 106 Å². The summed E-state index contributed by atoms with van der Waals surface area (Å²) < 4.78 is 48.2. The van der Waals surface area contributed by atoms with Gasteiger partial charge in [0.15, 0.2) is 0 Å². The number of anilines is 1. The van der Waals surface area contributed by atoms with Crippen LogP contribution in [0.15, 0.2) is 24.3 Å². The predicted molar refractivity (Wildman–Crippen MR) is 75.8 cm³/mol. The summed E-state index contributed by atoms with van der Waals surface area (Å²) in [7, 11) is -6.82. The second kappa shape index (κ2) is 5.89. The minimum absolute atomic E-state index is 0.230. The Hall–Kier alpha value is -1.12. The fourth-order valence-electron chi connectivity index (χ4n) is 1.74. The van der Waals surface area contributed by atoms with Crippen LogP contribution >= 0.6 is 0 Å². The molecule has 0 heterocycles. The molecule has 0 saturated heterocycles. The molecule has 0 saturated carbocycles. The summed E-state index contributed by atoms with van der Waals surface area (Å²) in [6.45, 7) is 1.51. The van der Waals surface area contributed by atoms with Crippen molar-refractivity contribution in [3.63, 3.8) is 0 Å². The average molecular weight is 306 g/mol. The van der Waals surface area contributed by atoms with Gasteiger partial charge in [-0.2, -0.15) is 0 Å². The number of sulfonamides is 1. The highest BCUT2D eigenvalue weighted by molar-refractivity contribution is 7.91. The highest BCUT2D eigenvalue weighted by atomic mass is 32.2. The third kappa shape index (κ3) is 6.55. The molecule has 0 aliphatic heterocycles. The highest BCUT2D eigenvalue weighted by Gasteiger charge is 2.18. The van der Waals surface area contributed by atoms with Crippen LogP contribution in [0.5, 0.6) is 0 Å². The molecule has 0 amide bonds. The minimum Gasteiger partial charge on any atom is -0.399 e. The molecule has 0 aliphatic rings. The Balaban J connectivity index is 2.72. The van der Waals surface area contributed by atoms with Gasteiger partial charge < -0.3 is 5.73 Å². The molecule has 1 rings (SSSR count). The van der Waals surface area contributed by atoms with E-state index in [1.165, 1.54) is 6.92 Å². The van der Waals surface area contributed by atoms with Gasteiger partial charge in [-0.25, -0.2) is 21.6 Å². The van der Waals surface area contributed by atoms with Crippen LogP contribution in [0.1, 0.15) is 12.5 Å². The highest BCUT2D eigenvalue weighted by Crippen LogP contribution is 2.10. The fraction of sp³-hybridized carbons (Fsp3) is 0.455. The molecule has 1 unspecified atom stereocenters. The number of benzene rings is 1. The van der Waals surface area contributed by atoms with E-state index in [-0.39, 0.29) is 11.5 Å². The lowest BCUT2D eigenvalue weighted by Gasteiger charge is -2.13. The van der Waals surface area contributed by atoms with Crippen LogP contribution in [0.4, 0.5) is 5.69 Å². The number of nitrogen functional groups attached to an aromatic ring is 1. The molecule has 6 nitrogen and oxygen atoms in total. The van der Waals surface area contributed by atoms with Gasteiger partial charge in [-0.05, 0) is 24.6 Å². The lowest BCUT2D eigenvalue weighted by atomic mass is 10.2. The molecule has 0 spiro atoms. The van der Waals surface area contributed by atoms with E-state index in [9.17, 15) is 16.8 Å². The lowest BCUT2D eigenvalue weighted by Crippen LogP contribution is -2.37. The molecule has 8 heteroatoms. The molecule has 0 bridgehead atoms. The van der Waals surface area contributed by atoms with E-state index in [1.54, 1.807) is 24.3 Å². The first kappa shape index (κ1) is 15.9. The molecule has 19 heavy (non-hydrogen) atoms. The monoisotopic (exact) mass is 306 g/mol. The zero-order valence-electron chi connectivity index (χ0n) is 10.8. The summed E-state index contributed by atoms with van der Waals surface area (Å²) >= 11 is 0. The maximum Gasteiger partial charge on any atom is 0.216 e. The van der Waals surface area contributed by atoms with Crippen LogP contribution in [-0.2, 0) is 25.6 Å². The van der Waals surface area contributed by atoms with Gasteiger partial charge in [-0.1, -0.05) is 12.1 Å². The zero-order chi connectivity index (χ0) is 14.7. The number of rotatable bonds is 6. The molecule has 0 aliphatic carbocycles. The number of sulfone groups is 1. The van der Waals surface area contributed by atoms with Gasteiger partial charge in [0, 0.05) is 18.0 Å². The van der Waals surface area contributed by atoms with E-state index in [2.05, 4.69) is 4.72 Å². The Morgan fingerprint density at radius 1 is 1.26 bits per heavy atom. The Bertz CT molecular complexity index is 638. The molecule has 1 aromatic rings. The van der Waals surface area contributed by atoms with Crippen LogP contribution in [0, 0.1) is 0 Å². The minimum atomic E-state index is -3.59. The largest absolute Gasteiger partial charge is 0.399 e. The first-order valence-corrected chi connectivity index (χ1v) is 9.31. The maximum atomic E-state index is 11.9. The van der Waals surface area contributed by atoms with Gasteiger partial charge >= 0.3 is 0 Å². The second-order valence-corrected chi connectivity index (χ2v) is 8.55. The number of nitrogens with one attached hydrogen (secondary N) is 1. The van der Waals surface area contributed by atoms with Crippen molar-refractivity contribution in [3.8, 4) is 0 Å². The van der Waals surface area contributed by atoms with Crippen molar-refractivity contribution in [3.05, 3.63) is 29.8 Å². The summed E-state index contributed by atoms with van der Waals surface area (Å²) in [4.78, 5) is 0. The number of hydrogen-bond acceptors (Lipinski definition) is 5. The number of nitrogens with two attached hydrogens (primary N) is 1. The van der Waals surface area contributed by atoms with E-state index in [0.717, 1.165) is 6.26 Å². The number of hydrogen-bond donors (Lipinski definition) is 2. The lowest BCUT2D eigenvalue weighted by molar-refractivity contribution is 0.564. The molecule has 1 aromatic carbocycles. The van der Waals surface area contributed by atoms with E-state index in [0.29, 0.717) is 11.3 Å². The van der Waals surface area contributed by atoms with Gasteiger partial charge in [0.05, 0.1) is 11.5 Å². The van der Waals surface area contributed by atoms with Crippen LogP contribution in [0.3, 0.4) is 0 Å². The van der Waals surface area contributed by atoms with Crippen molar-refractivity contribution in [1.82, 2.24) is 4.72 Å². The van der Waals surface area contributed by atoms with Gasteiger partial charge in [0.25, 0.3) is 0 Å². The first-order valence-electron chi connectivity index (χ1n) is 5.59. The van der Waals surface area contributed by atoms with Gasteiger partial charge in [0.1, 0.15) is 9.84 Å². The predicted octanol–water partition coefficient (Wildman–Crippen LogP) is 0.121. The molecule has 0 aromatic heterocycles. The summed E-state index contributed by atoms with van der Waals surface area (Å²) in [6, 6.07) is 5.88. The Morgan fingerprint density at radius 3 is 2.42 bits per heavy atom. The Kier molecular flexibility index (Phi) is 4.94. The molecular formula is C11H18N2O4S2. The van der Waals surface area contributed by atoms with Crippen LogP contribution in [-0.4, -0.2) is 34.9 Å². The second-order valence-electron chi connectivity index (χ2n) is 4.62. The van der Waals surface area contributed by atoms with Gasteiger partial charge in [0.2, 0.25) is 10.0 Å². The van der Waals surface area contributed by atoms with Crippen LogP contribution in [0.2, 0.25) is 0 Å². The Morgan fingerprint density at radius 2 is 1.89 bits per heavy atom. The van der Waals surface area contributed by atoms with E-state index in [4.69, 9.17) is 5.73 Å². The normalized spacial score (nSPS) is 14.2. The molecule has 3 N–H and O–H groups in total. The third-order valence-electron chi connectivity index (χ3n) is 2.24. The van der Waals surface area contributed by atoms with E-state index in [1.807, 2.05) is 0 Å². The summed E-state index contributed by atoms with van der Waals surface area (Å²) in [5.74, 6) is -0.463. The molecule has 108 valence electrons. The smallest absolute Gasteiger partial charge is 0.216 e. The average Bonchev–Trinajstić information content (AvgIpc) is 2.11. The molecule has 0 fully saturated rings. The fourth-order valence-corrected chi connectivity index (χ4v) is 4.23. The van der Waals surface area contributed by atoms with Crippen LogP contribution in [0.25, 0.3) is 0 Å². The SMILES string of the molecule is CC(CS(C)(=O)=O)NS(=O)(=O)Cc1cccc(N)c1. The Labute approximate surface area is 114 Å². The third-order valence-corrected chi connectivity index (χ3v) is 4.82. The van der Waals surface area contributed by atoms with Crippen molar-refractivity contribution >= 4 is 25.5 Å². The summed E-state index contributed by atoms with van der Waals surface area (Å²) in [5.41, 5.74) is 6.61. The van der Waals surface area contributed by atoms with E-state index >= 15 is 0 Å². The summed E-state index contributed by atoms with van der Waals surface area (Å²) in [6.07, 6.45) is 1.07. The maximum absolute atomic E-state index is 11.9. The first-order chi connectivity index (χ1) is 8.57. The van der Waals surface area contributed by atoms with Crippen molar-refractivity contribution in [1.29, 1.82) is 0 Å². The van der Waals surface area contributed by atoms with Gasteiger partial charge in [-0.15, -0.1) is 0 Å². The van der Waals surface area contributed by atoms with Crippen molar-refractivity contribution in [2.75, 3.05) is 17.7 Å². The zero-order valence-corrected chi connectivity index (χ0v) is 12.5.